The normalized spacial score (nSPS) is 11.0. The standard InChI is InChI=1S/C14H11F2N3OS/c1-20-12-4-8(2-3-17-12)7-19-11-6-9(15)5-10(16)13(11)18-14(19)21/h2-6H,7H2,1H3,(H,18,21). The van der Waals surface area contributed by atoms with Crippen LogP contribution in [0.25, 0.3) is 11.0 Å². The van der Waals surface area contributed by atoms with Gasteiger partial charge in [0.2, 0.25) is 5.88 Å². The number of benzene rings is 1. The Balaban J connectivity index is 2.12. The minimum absolute atomic E-state index is 0.197. The van der Waals surface area contributed by atoms with Crippen molar-refractivity contribution in [2.24, 2.45) is 0 Å². The molecule has 0 saturated carbocycles. The molecule has 0 bridgehead atoms. The molecule has 7 heteroatoms. The number of nitrogens with one attached hydrogen (secondary N) is 1. The number of hydrogen-bond donors (Lipinski definition) is 1. The molecular weight excluding hydrogens is 296 g/mol. The first-order valence-electron chi connectivity index (χ1n) is 6.15. The number of halogens is 2. The zero-order valence-corrected chi connectivity index (χ0v) is 11.9. The average Bonchev–Trinajstić information content (AvgIpc) is 2.77. The van der Waals surface area contributed by atoms with Crippen LogP contribution in [0.3, 0.4) is 0 Å². The second-order valence-corrected chi connectivity index (χ2v) is 4.89. The van der Waals surface area contributed by atoms with Crippen LogP contribution in [0.2, 0.25) is 0 Å². The van der Waals surface area contributed by atoms with Crippen LogP contribution in [-0.4, -0.2) is 21.6 Å². The highest BCUT2D eigenvalue weighted by molar-refractivity contribution is 7.71. The summed E-state index contributed by atoms with van der Waals surface area (Å²) in [6, 6.07) is 5.62. The van der Waals surface area contributed by atoms with Crippen molar-refractivity contribution in [1.82, 2.24) is 14.5 Å². The van der Waals surface area contributed by atoms with Crippen molar-refractivity contribution in [3.05, 3.63) is 52.4 Å². The first-order valence-corrected chi connectivity index (χ1v) is 6.56. The van der Waals surface area contributed by atoms with Crippen molar-refractivity contribution < 1.29 is 13.5 Å². The van der Waals surface area contributed by atoms with E-state index in [-0.39, 0.29) is 5.52 Å². The molecule has 0 aliphatic carbocycles. The van der Waals surface area contributed by atoms with Gasteiger partial charge < -0.3 is 14.3 Å². The van der Waals surface area contributed by atoms with E-state index < -0.39 is 11.6 Å². The maximum Gasteiger partial charge on any atom is 0.213 e. The Morgan fingerprint density at radius 2 is 2.14 bits per heavy atom. The average molecular weight is 307 g/mol. The number of ether oxygens (including phenoxy) is 1. The van der Waals surface area contributed by atoms with E-state index in [9.17, 15) is 8.78 Å². The molecule has 1 N–H and O–H groups in total. The van der Waals surface area contributed by atoms with Crippen molar-refractivity contribution in [3.8, 4) is 5.88 Å². The minimum atomic E-state index is -0.665. The summed E-state index contributed by atoms with van der Waals surface area (Å²) in [5.74, 6) is -0.839. The van der Waals surface area contributed by atoms with E-state index in [2.05, 4.69) is 9.97 Å². The van der Waals surface area contributed by atoms with E-state index in [0.717, 1.165) is 11.6 Å². The number of pyridine rings is 1. The Labute approximate surface area is 124 Å². The van der Waals surface area contributed by atoms with Gasteiger partial charge in [0.05, 0.1) is 19.2 Å². The summed E-state index contributed by atoms with van der Waals surface area (Å²) in [7, 11) is 1.52. The predicted octanol–water partition coefficient (Wildman–Crippen LogP) is 3.43. The highest BCUT2D eigenvalue weighted by atomic mass is 32.1. The summed E-state index contributed by atoms with van der Waals surface area (Å²) < 4.78 is 34.2. The Morgan fingerprint density at radius 3 is 2.90 bits per heavy atom. The number of rotatable bonds is 3. The zero-order chi connectivity index (χ0) is 15.0. The largest absolute Gasteiger partial charge is 0.481 e. The van der Waals surface area contributed by atoms with Gasteiger partial charge in [-0.25, -0.2) is 13.8 Å². The van der Waals surface area contributed by atoms with E-state index in [4.69, 9.17) is 17.0 Å². The van der Waals surface area contributed by atoms with E-state index in [1.807, 2.05) is 0 Å². The quantitative estimate of drug-likeness (QED) is 0.754. The summed E-state index contributed by atoms with van der Waals surface area (Å²) in [5, 5.41) is 0. The molecule has 0 unspecified atom stereocenters. The van der Waals surface area contributed by atoms with Crippen LogP contribution in [0.4, 0.5) is 8.78 Å². The highest BCUT2D eigenvalue weighted by Gasteiger charge is 2.11. The smallest absolute Gasteiger partial charge is 0.213 e. The first kappa shape index (κ1) is 13.7. The molecule has 1 aromatic carbocycles. The van der Waals surface area contributed by atoms with Gasteiger partial charge in [0, 0.05) is 18.3 Å². The number of aromatic amines is 1. The third-order valence-electron chi connectivity index (χ3n) is 3.15. The SMILES string of the molecule is COc1cc(Cn2c(=S)[nH]c3c(F)cc(F)cc32)ccn1. The molecule has 2 heterocycles. The topological polar surface area (TPSA) is 42.8 Å². The van der Waals surface area contributed by atoms with Crippen molar-refractivity contribution in [1.29, 1.82) is 0 Å². The van der Waals surface area contributed by atoms with Gasteiger partial charge in [-0.15, -0.1) is 0 Å². The van der Waals surface area contributed by atoms with Crippen LogP contribution in [0.1, 0.15) is 5.56 Å². The molecule has 108 valence electrons. The molecule has 0 saturated heterocycles. The third-order valence-corrected chi connectivity index (χ3v) is 3.47. The Bertz CT molecular complexity index is 872. The molecule has 0 spiro atoms. The number of aromatic nitrogens is 3. The van der Waals surface area contributed by atoms with Gasteiger partial charge in [-0.2, -0.15) is 0 Å². The van der Waals surface area contributed by atoms with Crippen molar-refractivity contribution in [2.45, 2.75) is 6.54 Å². The summed E-state index contributed by atoms with van der Waals surface area (Å²) in [6.45, 7) is 0.362. The molecule has 0 amide bonds. The number of imidazole rings is 1. The van der Waals surface area contributed by atoms with Gasteiger partial charge in [0.25, 0.3) is 0 Å². The van der Waals surface area contributed by atoms with Crippen LogP contribution in [0.15, 0.2) is 30.5 Å². The van der Waals surface area contributed by atoms with Crippen LogP contribution in [0, 0.1) is 16.4 Å². The van der Waals surface area contributed by atoms with Gasteiger partial charge in [-0.05, 0) is 29.9 Å². The fourth-order valence-corrected chi connectivity index (χ4v) is 2.45. The van der Waals surface area contributed by atoms with Gasteiger partial charge in [0.1, 0.15) is 11.3 Å². The minimum Gasteiger partial charge on any atom is -0.481 e. The second kappa shape index (κ2) is 5.25. The molecule has 0 aliphatic rings. The van der Waals surface area contributed by atoms with Gasteiger partial charge in [0.15, 0.2) is 10.6 Å². The number of methoxy groups -OCH3 is 1. The van der Waals surface area contributed by atoms with E-state index in [1.165, 1.54) is 13.2 Å². The van der Waals surface area contributed by atoms with Gasteiger partial charge in [-0.3, -0.25) is 0 Å². The van der Waals surface area contributed by atoms with Crippen LogP contribution in [0.5, 0.6) is 5.88 Å². The summed E-state index contributed by atoms with van der Waals surface area (Å²) >= 11 is 5.19. The Hall–Kier alpha value is -2.28. The molecule has 0 radical (unpaired) electrons. The molecule has 2 aromatic heterocycles. The van der Waals surface area contributed by atoms with Crippen LogP contribution in [-0.2, 0) is 6.54 Å². The monoisotopic (exact) mass is 307 g/mol. The molecule has 3 rings (SSSR count). The zero-order valence-electron chi connectivity index (χ0n) is 11.1. The molecule has 0 atom stereocenters. The fraction of sp³-hybridized carbons (Fsp3) is 0.143. The van der Waals surface area contributed by atoms with Crippen molar-refractivity contribution in [2.75, 3.05) is 7.11 Å². The predicted molar refractivity (Wildman–Crippen MR) is 76.9 cm³/mol. The highest BCUT2D eigenvalue weighted by Crippen LogP contribution is 2.21. The number of H-pyrrole nitrogens is 1. The lowest BCUT2D eigenvalue weighted by Crippen LogP contribution is -2.01. The number of hydrogen-bond acceptors (Lipinski definition) is 3. The lowest BCUT2D eigenvalue weighted by molar-refractivity contribution is 0.397. The van der Waals surface area contributed by atoms with Gasteiger partial charge in [-0.1, -0.05) is 0 Å². The molecule has 21 heavy (non-hydrogen) atoms. The maximum absolute atomic E-state index is 13.7. The van der Waals surface area contributed by atoms with Crippen molar-refractivity contribution in [3.63, 3.8) is 0 Å². The molecule has 0 aliphatic heterocycles. The molecule has 4 nitrogen and oxygen atoms in total. The number of nitrogens with zero attached hydrogens (tertiary/aromatic N) is 2. The van der Waals surface area contributed by atoms with E-state index >= 15 is 0 Å². The lowest BCUT2D eigenvalue weighted by Gasteiger charge is -2.06. The number of fused-ring (bicyclic) bond motifs is 1. The summed E-state index contributed by atoms with van der Waals surface area (Å²) in [5.41, 5.74) is 1.44. The Kier molecular flexibility index (Phi) is 3.42. The van der Waals surface area contributed by atoms with E-state index in [1.54, 1.807) is 22.9 Å². The molecule has 3 aromatic rings. The van der Waals surface area contributed by atoms with Crippen molar-refractivity contribution >= 4 is 23.3 Å². The molecular formula is C14H11F2N3OS. The first-order chi connectivity index (χ1) is 10.1. The van der Waals surface area contributed by atoms with Crippen LogP contribution < -0.4 is 4.74 Å². The third kappa shape index (κ3) is 2.52. The lowest BCUT2D eigenvalue weighted by atomic mass is 10.2. The maximum atomic E-state index is 13.7. The fourth-order valence-electron chi connectivity index (χ4n) is 2.18. The van der Waals surface area contributed by atoms with Gasteiger partial charge >= 0.3 is 0 Å². The van der Waals surface area contributed by atoms with E-state index in [0.29, 0.717) is 22.7 Å². The summed E-state index contributed by atoms with van der Waals surface area (Å²) in [4.78, 5) is 6.78. The molecule has 0 fully saturated rings. The second-order valence-electron chi connectivity index (χ2n) is 4.50. The summed E-state index contributed by atoms with van der Waals surface area (Å²) in [6.07, 6.45) is 1.60. The van der Waals surface area contributed by atoms with Crippen LogP contribution >= 0.6 is 12.2 Å². The Morgan fingerprint density at radius 1 is 1.33 bits per heavy atom.